The summed E-state index contributed by atoms with van der Waals surface area (Å²) in [6.07, 6.45) is 2.44. The van der Waals surface area contributed by atoms with Crippen LogP contribution in [-0.4, -0.2) is 30.1 Å². The fourth-order valence-electron chi connectivity index (χ4n) is 2.07. The molecular weight excluding hydrogens is 148 g/mol. The molecule has 1 aliphatic rings. The summed E-state index contributed by atoms with van der Waals surface area (Å²) in [6.45, 7) is 9.13. The predicted molar refractivity (Wildman–Crippen MR) is 53.1 cm³/mol. The third kappa shape index (κ3) is 2.46. The SMILES string of the molecule is CCC(N)CN1CC(C)CC1C. The molecule has 2 heteroatoms. The minimum absolute atomic E-state index is 0.373. The molecule has 0 aromatic carbocycles. The lowest BCUT2D eigenvalue weighted by Gasteiger charge is -2.24. The lowest BCUT2D eigenvalue weighted by molar-refractivity contribution is 0.246. The molecule has 2 N–H and O–H groups in total. The molecule has 0 bridgehead atoms. The second-order valence-electron chi connectivity index (χ2n) is 4.31. The maximum atomic E-state index is 5.92. The fourth-order valence-corrected chi connectivity index (χ4v) is 2.07. The third-order valence-corrected chi connectivity index (χ3v) is 2.91. The van der Waals surface area contributed by atoms with Gasteiger partial charge in [-0.25, -0.2) is 0 Å². The number of nitrogens with two attached hydrogens (primary N) is 1. The number of hydrogen-bond donors (Lipinski definition) is 1. The van der Waals surface area contributed by atoms with Crippen LogP contribution in [0.2, 0.25) is 0 Å². The van der Waals surface area contributed by atoms with E-state index in [-0.39, 0.29) is 0 Å². The molecule has 3 unspecified atom stereocenters. The zero-order valence-electron chi connectivity index (χ0n) is 8.59. The Labute approximate surface area is 76.1 Å². The van der Waals surface area contributed by atoms with Crippen LogP contribution in [0.15, 0.2) is 0 Å². The maximum absolute atomic E-state index is 5.92. The molecule has 1 heterocycles. The second-order valence-corrected chi connectivity index (χ2v) is 4.31. The third-order valence-electron chi connectivity index (χ3n) is 2.91. The normalized spacial score (nSPS) is 34.0. The lowest BCUT2D eigenvalue weighted by Crippen LogP contribution is -2.38. The minimum atomic E-state index is 0.373. The van der Waals surface area contributed by atoms with Crippen molar-refractivity contribution in [1.82, 2.24) is 4.90 Å². The molecule has 2 nitrogen and oxygen atoms in total. The molecule has 1 rings (SSSR count). The van der Waals surface area contributed by atoms with Crippen molar-refractivity contribution in [3.8, 4) is 0 Å². The molecule has 0 radical (unpaired) electrons. The number of rotatable bonds is 3. The van der Waals surface area contributed by atoms with Crippen LogP contribution >= 0.6 is 0 Å². The van der Waals surface area contributed by atoms with Gasteiger partial charge in [-0.05, 0) is 25.7 Å². The van der Waals surface area contributed by atoms with Gasteiger partial charge in [-0.3, -0.25) is 4.90 Å². The van der Waals surface area contributed by atoms with Crippen LogP contribution in [-0.2, 0) is 0 Å². The summed E-state index contributed by atoms with van der Waals surface area (Å²) in [5, 5.41) is 0. The molecule has 3 atom stereocenters. The molecule has 1 saturated heterocycles. The van der Waals surface area contributed by atoms with Crippen LogP contribution in [0.25, 0.3) is 0 Å². The molecule has 1 fully saturated rings. The Hall–Kier alpha value is -0.0800. The minimum Gasteiger partial charge on any atom is -0.327 e. The summed E-state index contributed by atoms with van der Waals surface area (Å²) in [7, 11) is 0. The van der Waals surface area contributed by atoms with E-state index < -0.39 is 0 Å². The van der Waals surface area contributed by atoms with Crippen LogP contribution in [0.1, 0.15) is 33.6 Å². The van der Waals surface area contributed by atoms with E-state index in [9.17, 15) is 0 Å². The summed E-state index contributed by atoms with van der Waals surface area (Å²) in [4.78, 5) is 2.53. The highest BCUT2D eigenvalue weighted by Gasteiger charge is 2.26. The van der Waals surface area contributed by atoms with Gasteiger partial charge in [0.1, 0.15) is 0 Å². The highest BCUT2D eigenvalue weighted by Crippen LogP contribution is 2.22. The largest absolute Gasteiger partial charge is 0.327 e. The summed E-state index contributed by atoms with van der Waals surface area (Å²) >= 11 is 0. The first-order valence-corrected chi connectivity index (χ1v) is 5.13. The quantitative estimate of drug-likeness (QED) is 0.694. The molecule has 0 aromatic rings. The van der Waals surface area contributed by atoms with E-state index in [0.717, 1.165) is 24.9 Å². The van der Waals surface area contributed by atoms with Gasteiger partial charge >= 0.3 is 0 Å². The molecule has 12 heavy (non-hydrogen) atoms. The van der Waals surface area contributed by atoms with Gasteiger partial charge < -0.3 is 5.73 Å². The van der Waals surface area contributed by atoms with Crippen molar-refractivity contribution in [2.24, 2.45) is 11.7 Å². The van der Waals surface area contributed by atoms with Gasteiger partial charge in [-0.15, -0.1) is 0 Å². The van der Waals surface area contributed by atoms with E-state index in [0.29, 0.717) is 6.04 Å². The lowest BCUT2D eigenvalue weighted by atomic mass is 10.1. The molecule has 0 saturated carbocycles. The van der Waals surface area contributed by atoms with Gasteiger partial charge in [-0.2, -0.15) is 0 Å². The van der Waals surface area contributed by atoms with Crippen LogP contribution in [0.3, 0.4) is 0 Å². The van der Waals surface area contributed by atoms with Crippen molar-refractivity contribution in [3.63, 3.8) is 0 Å². The Morgan fingerprint density at radius 3 is 2.58 bits per heavy atom. The number of nitrogens with zero attached hydrogens (tertiary/aromatic N) is 1. The molecule has 0 aromatic heterocycles. The highest BCUT2D eigenvalue weighted by atomic mass is 15.2. The summed E-state index contributed by atoms with van der Waals surface area (Å²) < 4.78 is 0. The number of likely N-dealkylation sites (tertiary alicyclic amines) is 1. The summed E-state index contributed by atoms with van der Waals surface area (Å²) in [5.74, 6) is 0.865. The van der Waals surface area contributed by atoms with Gasteiger partial charge in [0.05, 0.1) is 0 Å². The van der Waals surface area contributed by atoms with Crippen molar-refractivity contribution in [2.45, 2.75) is 45.7 Å². The van der Waals surface area contributed by atoms with E-state index in [4.69, 9.17) is 5.73 Å². The van der Waals surface area contributed by atoms with Gasteiger partial charge in [-0.1, -0.05) is 13.8 Å². The van der Waals surface area contributed by atoms with Crippen LogP contribution in [0.4, 0.5) is 0 Å². The van der Waals surface area contributed by atoms with Crippen LogP contribution < -0.4 is 5.73 Å². The van der Waals surface area contributed by atoms with Crippen LogP contribution in [0.5, 0.6) is 0 Å². The topological polar surface area (TPSA) is 29.3 Å². The smallest absolute Gasteiger partial charge is 0.0165 e. The predicted octanol–water partition coefficient (Wildman–Crippen LogP) is 1.45. The van der Waals surface area contributed by atoms with E-state index in [1.54, 1.807) is 0 Å². The zero-order valence-corrected chi connectivity index (χ0v) is 8.59. The summed E-state index contributed by atoms with van der Waals surface area (Å²) in [6, 6.07) is 1.12. The Morgan fingerprint density at radius 2 is 2.17 bits per heavy atom. The first-order chi connectivity index (χ1) is 5.63. The first kappa shape index (κ1) is 10.0. The molecule has 0 spiro atoms. The molecule has 72 valence electrons. The van der Waals surface area contributed by atoms with Crippen molar-refractivity contribution < 1.29 is 0 Å². The Morgan fingerprint density at radius 1 is 1.50 bits per heavy atom. The van der Waals surface area contributed by atoms with E-state index in [1.165, 1.54) is 13.0 Å². The molecular formula is C10H22N2. The van der Waals surface area contributed by atoms with Crippen molar-refractivity contribution in [3.05, 3.63) is 0 Å². The van der Waals surface area contributed by atoms with Gasteiger partial charge in [0.25, 0.3) is 0 Å². The Kier molecular flexibility index (Phi) is 3.53. The van der Waals surface area contributed by atoms with E-state index in [2.05, 4.69) is 25.7 Å². The summed E-state index contributed by atoms with van der Waals surface area (Å²) in [5.41, 5.74) is 5.92. The molecule has 1 aliphatic heterocycles. The monoisotopic (exact) mass is 170 g/mol. The zero-order chi connectivity index (χ0) is 9.14. The van der Waals surface area contributed by atoms with E-state index in [1.807, 2.05) is 0 Å². The van der Waals surface area contributed by atoms with Crippen LogP contribution in [0, 0.1) is 5.92 Å². The fraction of sp³-hybridized carbons (Fsp3) is 1.00. The highest BCUT2D eigenvalue weighted by molar-refractivity contribution is 4.82. The van der Waals surface area contributed by atoms with Crippen molar-refractivity contribution in [2.75, 3.05) is 13.1 Å². The van der Waals surface area contributed by atoms with Crippen molar-refractivity contribution in [1.29, 1.82) is 0 Å². The average Bonchev–Trinajstić information content (AvgIpc) is 2.30. The molecule has 0 amide bonds. The Balaban J connectivity index is 2.32. The first-order valence-electron chi connectivity index (χ1n) is 5.13. The molecule has 0 aliphatic carbocycles. The maximum Gasteiger partial charge on any atom is 0.0165 e. The van der Waals surface area contributed by atoms with Gasteiger partial charge in [0.2, 0.25) is 0 Å². The average molecular weight is 170 g/mol. The van der Waals surface area contributed by atoms with Crippen molar-refractivity contribution >= 4 is 0 Å². The Bertz CT molecular complexity index is 136. The van der Waals surface area contributed by atoms with E-state index >= 15 is 0 Å². The van der Waals surface area contributed by atoms with Gasteiger partial charge in [0.15, 0.2) is 0 Å². The second kappa shape index (κ2) is 4.24. The number of hydrogen-bond acceptors (Lipinski definition) is 2. The standard InChI is InChI=1S/C10H22N2/c1-4-10(11)7-12-6-8(2)5-9(12)3/h8-10H,4-7,11H2,1-3H3. The van der Waals surface area contributed by atoms with Gasteiger partial charge in [0, 0.05) is 25.2 Å².